The third-order valence-electron chi connectivity index (χ3n) is 4.20. The molecule has 1 heterocycles. The van der Waals surface area contributed by atoms with Gasteiger partial charge in [0.25, 0.3) is 0 Å². The Balaban J connectivity index is 1.96. The topological polar surface area (TPSA) is 12.9 Å². The maximum Gasteiger partial charge on any atom is 0.0346 e. The van der Waals surface area contributed by atoms with Crippen LogP contribution < -0.4 is 0 Å². The molecule has 3 aromatic rings. The van der Waals surface area contributed by atoms with Crippen molar-refractivity contribution in [1.29, 1.82) is 0 Å². The van der Waals surface area contributed by atoms with Crippen LogP contribution in [0.2, 0.25) is 0 Å². The van der Waals surface area contributed by atoms with Crippen LogP contribution in [0.3, 0.4) is 0 Å². The summed E-state index contributed by atoms with van der Waals surface area (Å²) in [5, 5.41) is 0. The third-order valence-corrected chi connectivity index (χ3v) is 4.20. The van der Waals surface area contributed by atoms with E-state index in [1.165, 1.54) is 38.9 Å². The van der Waals surface area contributed by atoms with Gasteiger partial charge in [0.15, 0.2) is 0 Å². The largest absolute Gasteiger partial charge is 0.264 e. The highest BCUT2D eigenvalue weighted by molar-refractivity contribution is 5.85. The molecule has 1 aromatic heterocycles. The lowest BCUT2D eigenvalue weighted by Gasteiger charge is -2.08. The van der Waals surface area contributed by atoms with Gasteiger partial charge in [0, 0.05) is 18.0 Å². The van der Waals surface area contributed by atoms with E-state index in [1.54, 1.807) is 0 Å². The first kappa shape index (κ1) is 11.4. The van der Waals surface area contributed by atoms with Gasteiger partial charge in [-0.1, -0.05) is 42.5 Å². The van der Waals surface area contributed by atoms with Gasteiger partial charge in [-0.25, -0.2) is 0 Å². The molecule has 0 spiro atoms. The molecule has 0 bridgehead atoms. The highest BCUT2D eigenvalue weighted by Gasteiger charge is 2.22. The minimum absolute atomic E-state index is 1.03. The van der Waals surface area contributed by atoms with Gasteiger partial charge in [-0.15, -0.1) is 0 Å². The summed E-state index contributed by atoms with van der Waals surface area (Å²) in [4.78, 5) is 4.25. The normalized spacial score (nSPS) is 12.1. The molecule has 2 aromatic carbocycles. The van der Waals surface area contributed by atoms with Gasteiger partial charge in [-0.2, -0.15) is 0 Å². The quantitative estimate of drug-likeness (QED) is 0.484. The molecule has 4 rings (SSSR count). The zero-order valence-electron chi connectivity index (χ0n) is 11.4. The first-order valence-corrected chi connectivity index (χ1v) is 6.96. The van der Waals surface area contributed by atoms with Crippen LogP contribution in [0.4, 0.5) is 0 Å². The van der Waals surface area contributed by atoms with Crippen LogP contribution >= 0.6 is 0 Å². The minimum Gasteiger partial charge on any atom is -0.264 e. The van der Waals surface area contributed by atoms with Crippen molar-refractivity contribution in [3.8, 4) is 22.3 Å². The second-order valence-corrected chi connectivity index (χ2v) is 5.35. The van der Waals surface area contributed by atoms with Gasteiger partial charge in [-0.05, 0) is 52.8 Å². The van der Waals surface area contributed by atoms with Gasteiger partial charge in [0.2, 0.25) is 0 Å². The van der Waals surface area contributed by atoms with Gasteiger partial charge in [0.1, 0.15) is 0 Å². The molecule has 96 valence electrons. The second kappa shape index (κ2) is 4.31. The van der Waals surface area contributed by atoms with E-state index in [4.69, 9.17) is 0 Å². The Morgan fingerprint density at radius 3 is 2.35 bits per heavy atom. The van der Waals surface area contributed by atoms with E-state index in [1.807, 2.05) is 18.5 Å². The molecule has 1 nitrogen and oxygen atoms in total. The average Bonchev–Trinajstić information content (AvgIpc) is 2.88. The highest BCUT2D eigenvalue weighted by Crippen LogP contribution is 2.42. The van der Waals surface area contributed by atoms with Crippen molar-refractivity contribution in [3.63, 3.8) is 0 Å². The number of aryl methyl sites for hydroxylation is 1. The molecule has 0 amide bonds. The Morgan fingerprint density at radius 2 is 1.55 bits per heavy atom. The number of pyridine rings is 1. The van der Waals surface area contributed by atoms with Gasteiger partial charge in [0.05, 0.1) is 0 Å². The van der Waals surface area contributed by atoms with E-state index in [2.05, 4.69) is 54.4 Å². The predicted octanol–water partition coefficient (Wildman–Crippen LogP) is 4.63. The molecule has 0 aliphatic heterocycles. The molecule has 20 heavy (non-hydrogen) atoms. The number of hydrogen-bond acceptors (Lipinski definition) is 1. The Kier molecular flexibility index (Phi) is 2.46. The van der Waals surface area contributed by atoms with E-state index in [0.29, 0.717) is 0 Å². The van der Waals surface area contributed by atoms with E-state index >= 15 is 0 Å². The highest BCUT2D eigenvalue weighted by atomic mass is 14.6. The van der Waals surface area contributed by atoms with Crippen LogP contribution in [-0.4, -0.2) is 4.98 Å². The van der Waals surface area contributed by atoms with Gasteiger partial charge < -0.3 is 0 Å². The van der Waals surface area contributed by atoms with Crippen molar-refractivity contribution >= 4 is 0 Å². The fourth-order valence-electron chi connectivity index (χ4n) is 3.19. The molecule has 0 saturated carbocycles. The van der Waals surface area contributed by atoms with Crippen LogP contribution in [0.5, 0.6) is 0 Å². The SMILES string of the molecule is Cc1cccc2c1Cc1c(-c3cccnc3)cccc1-2. The lowest BCUT2D eigenvalue weighted by Crippen LogP contribution is -1.89. The zero-order chi connectivity index (χ0) is 13.5. The summed E-state index contributed by atoms with van der Waals surface area (Å²) >= 11 is 0. The van der Waals surface area contributed by atoms with Crippen molar-refractivity contribution in [2.45, 2.75) is 13.3 Å². The number of rotatable bonds is 1. The molecule has 0 N–H and O–H groups in total. The number of benzene rings is 2. The first-order chi connectivity index (χ1) is 9.84. The maximum atomic E-state index is 4.25. The molecule has 1 aliphatic carbocycles. The molecule has 0 fully saturated rings. The molecule has 0 unspecified atom stereocenters. The third kappa shape index (κ3) is 1.60. The lowest BCUT2D eigenvalue weighted by molar-refractivity contribution is 1.21. The molecular weight excluding hydrogens is 242 g/mol. The smallest absolute Gasteiger partial charge is 0.0346 e. The number of fused-ring (bicyclic) bond motifs is 3. The zero-order valence-corrected chi connectivity index (χ0v) is 11.4. The molecule has 1 aliphatic rings. The van der Waals surface area contributed by atoms with Crippen LogP contribution in [0, 0.1) is 6.92 Å². The minimum atomic E-state index is 1.03. The Morgan fingerprint density at radius 1 is 0.800 bits per heavy atom. The van der Waals surface area contributed by atoms with E-state index in [9.17, 15) is 0 Å². The molecule has 0 atom stereocenters. The summed E-state index contributed by atoms with van der Waals surface area (Å²) < 4.78 is 0. The first-order valence-electron chi connectivity index (χ1n) is 6.96. The summed E-state index contributed by atoms with van der Waals surface area (Å²) in [7, 11) is 0. The fraction of sp³-hybridized carbons (Fsp3) is 0.105. The molecular formula is C19H15N. The van der Waals surface area contributed by atoms with Gasteiger partial charge in [-0.3, -0.25) is 4.98 Å². The van der Waals surface area contributed by atoms with Crippen molar-refractivity contribution < 1.29 is 0 Å². The van der Waals surface area contributed by atoms with Crippen molar-refractivity contribution in [2.24, 2.45) is 0 Å². The van der Waals surface area contributed by atoms with Crippen LogP contribution in [0.1, 0.15) is 16.7 Å². The molecule has 0 saturated heterocycles. The van der Waals surface area contributed by atoms with Crippen LogP contribution in [0.25, 0.3) is 22.3 Å². The summed E-state index contributed by atoms with van der Waals surface area (Å²) in [6.45, 7) is 2.20. The lowest BCUT2D eigenvalue weighted by atomic mass is 9.97. The monoisotopic (exact) mass is 257 g/mol. The van der Waals surface area contributed by atoms with Crippen molar-refractivity contribution in [1.82, 2.24) is 4.98 Å². The van der Waals surface area contributed by atoms with Crippen molar-refractivity contribution in [2.75, 3.05) is 0 Å². The predicted molar refractivity (Wildman–Crippen MR) is 82.7 cm³/mol. The van der Waals surface area contributed by atoms with E-state index < -0.39 is 0 Å². The second-order valence-electron chi connectivity index (χ2n) is 5.35. The summed E-state index contributed by atoms with van der Waals surface area (Å²) in [6, 6.07) is 17.3. The fourth-order valence-corrected chi connectivity index (χ4v) is 3.19. The van der Waals surface area contributed by atoms with Gasteiger partial charge >= 0.3 is 0 Å². The van der Waals surface area contributed by atoms with Crippen molar-refractivity contribution in [3.05, 3.63) is 77.6 Å². The van der Waals surface area contributed by atoms with Crippen LogP contribution in [-0.2, 0) is 6.42 Å². The number of aromatic nitrogens is 1. The molecule has 1 heteroatoms. The number of hydrogen-bond donors (Lipinski definition) is 0. The Labute approximate surface area is 118 Å². The number of nitrogens with zero attached hydrogens (tertiary/aromatic N) is 1. The average molecular weight is 257 g/mol. The Bertz CT molecular complexity index is 788. The Hall–Kier alpha value is -2.41. The van der Waals surface area contributed by atoms with Crippen LogP contribution in [0.15, 0.2) is 60.9 Å². The maximum absolute atomic E-state index is 4.25. The summed E-state index contributed by atoms with van der Waals surface area (Å²) in [6.07, 6.45) is 4.80. The summed E-state index contributed by atoms with van der Waals surface area (Å²) in [5.74, 6) is 0. The van der Waals surface area contributed by atoms with E-state index in [-0.39, 0.29) is 0 Å². The summed E-state index contributed by atoms with van der Waals surface area (Å²) in [5.41, 5.74) is 9.58. The molecule has 0 radical (unpaired) electrons. The van der Waals surface area contributed by atoms with E-state index in [0.717, 1.165) is 6.42 Å². The standard InChI is InChI=1S/C19H15N/c1-13-5-2-8-16-17-9-3-7-15(19(17)11-18(13)16)14-6-4-10-20-12-14/h2-10,12H,11H2,1H3.